The Kier molecular flexibility index (Phi) is 6.18. The predicted molar refractivity (Wildman–Crippen MR) is 205 cm³/mol. The van der Waals surface area contributed by atoms with Crippen LogP contribution in [0.25, 0.3) is 45.1 Å². The van der Waals surface area contributed by atoms with Gasteiger partial charge in [0.05, 0.1) is 11.4 Å². The van der Waals surface area contributed by atoms with Gasteiger partial charge in [-0.3, -0.25) is 0 Å². The number of oxazole rings is 2. The monoisotopic (exact) mass is 672 g/mol. The van der Waals surface area contributed by atoms with Crippen molar-refractivity contribution in [2.45, 2.75) is 6.42 Å². The Balaban J connectivity index is 0.885. The minimum Gasteiger partial charge on any atom is -0.453 e. The topological polar surface area (TPSA) is 67.8 Å². The van der Waals surface area contributed by atoms with Gasteiger partial charge < -0.3 is 23.4 Å². The molecule has 0 aliphatic carbocycles. The van der Waals surface area contributed by atoms with E-state index in [-0.39, 0.29) is 0 Å². The molecule has 7 nitrogen and oxygen atoms in total. The summed E-state index contributed by atoms with van der Waals surface area (Å²) in [5, 5.41) is 0. The number of hydrogen-bond donors (Lipinski definition) is 0. The molecule has 4 heterocycles. The number of anilines is 6. The Morgan fingerprint density at radius 3 is 1.35 bits per heavy atom. The standard InChI is InChI=1S/C45H28N4O3/c1-3-11-36-30(9-1)25-31-10-2-4-12-37(31)48(36)32-21-17-28(18-22-32)44-46-34-26-35-43(27-42(34)51-44)52-45(47-35)29-19-23-33(24-20-29)49-38-13-5-7-15-40(38)50-41-16-8-6-14-39(41)49/h1-24,26-27H,25H2. The normalized spacial score (nSPS) is 13.0. The molecule has 0 unspecified atom stereocenters. The Morgan fingerprint density at radius 2 is 0.846 bits per heavy atom. The van der Waals surface area contributed by atoms with Gasteiger partial charge in [-0.15, -0.1) is 0 Å². The van der Waals surface area contributed by atoms with Crippen molar-refractivity contribution in [2.24, 2.45) is 0 Å². The van der Waals surface area contributed by atoms with E-state index in [1.807, 2.05) is 60.7 Å². The molecule has 0 saturated carbocycles. The van der Waals surface area contributed by atoms with E-state index >= 15 is 0 Å². The molecule has 0 spiro atoms. The van der Waals surface area contributed by atoms with E-state index in [1.165, 1.54) is 22.5 Å². The fourth-order valence-corrected chi connectivity index (χ4v) is 7.46. The third-order valence-electron chi connectivity index (χ3n) is 9.92. The molecule has 0 saturated heterocycles. The first-order valence-corrected chi connectivity index (χ1v) is 17.3. The second-order valence-corrected chi connectivity index (χ2v) is 13.1. The van der Waals surface area contributed by atoms with Crippen LogP contribution in [0.1, 0.15) is 11.1 Å². The van der Waals surface area contributed by atoms with Crippen LogP contribution in [0.4, 0.5) is 34.1 Å². The number of benzene rings is 7. The summed E-state index contributed by atoms with van der Waals surface area (Å²) < 4.78 is 18.7. The Bertz CT molecular complexity index is 2490. The van der Waals surface area contributed by atoms with Gasteiger partial charge >= 0.3 is 0 Å². The van der Waals surface area contributed by atoms with E-state index in [2.05, 4.69) is 107 Å². The van der Waals surface area contributed by atoms with Gasteiger partial charge in [0.15, 0.2) is 22.7 Å². The van der Waals surface area contributed by atoms with Gasteiger partial charge in [-0.2, -0.15) is 0 Å². The third kappa shape index (κ3) is 4.53. The molecule has 2 aliphatic rings. The van der Waals surface area contributed by atoms with Crippen molar-refractivity contribution >= 4 is 56.3 Å². The van der Waals surface area contributed by atoms with Crippen LogP contribution >= 0.6 is 0 Å². The highest BCUT2D eigenvalue weighted by Gasteiger charge is 2.26. The second-order valence-electron chi connectivity index (χ2n) is 13.1. The summed E-state index contributed by atoms with van der Waals surface area (Å²) in [5.74, 6) is 2.72. The predicted octanol–water partition coefficient (Wildman–Crippen LogP) is 12.3. The molecular formula is C45H28N4O3. The maximum atomic E-state index is 6.29. The smallest absolute Gasteiger partial charge is 0.227 e. The van der Waals surface area contributed by atoms with Gasteiger partial charge in [0, 0.05) is 46.4 Å². The minimum atomic E-state index is 0.536. The molecule has 0 bridgehead atoms. The van der Waals surface area contributed by atoms with Crippen molar-refractivity contribution in [2.75, 3.05) is 9.80 Å². The molecule has 7 heteroatoms. The number of para-hydroxylation sites is 6. The molecule has 0 N–H and O–H groups in total. The van der Waals surface area contributed by atoms with E-state index in [4.69, 9.17) is 23.5 Å². The SMILES string of the molecule is c1ccc2c(c1)Cc1ccccc1N2c1ccc(-c2nc3cc4nc(-c5ccc(N6c7ccccc7Oc7ccccc76)cc5)oc4cc3o2)cc1. The van der Waals surface area contributed by atoms with Crippen LogP contribution in [0, 0.1) is 0 Å². The van der Waals surface area contributed by atoms with Crippen LogP contribution in [-0.4, -0.2) is 9.97 Å². The number of fused-ring (bicyclic) bond motifs is 6. The molecule has 11 rings (SSSR count). The van der Waals surface area contributed by atoms with Crippen LogP contribution < -0.4 is 14.5 Å². The van der Waals surface area contributed by atoms with Crippen LogP contribution in [0.15, 0.2) is 167 Å². The Labute approximate surface area is 298 Å². The highest BCUT2D eigenvalue weighted by Crippen LogP contribution is 2.50. The fraction of sp³-hybridized carbons (Fsp3) is 0.0222. The summed E-state index contributed by atoms with van der Waals surface area (Å²) in [4.78, 5) is 14.2. The highest BCUT2D eigenvalue weighted by molar-refractivity contribution is 5.92. The quantitative estimate of drug-likeness (QED) is 0.184. The van der Waals surface area contributed by atoms with Crippen LogP contribution in [0.3, 0.4) is 0 Å². The van der Waals surface area contributed by atoms with Gasteiger partial charge in [0.1, 0.15) is 11.0 Å². The van der Waals surface area contributed by atoms with Crippen molar-refractivity contribution in [3.8, 4) is 34.4 Å². The van der Waals surface area contributed by atoms with Crippen molar-refractivity contribution in [1.82, 2.24) is 9.97 Å². The number of ether oxygens (including phenoxy) is 1. The Morgan fingerprint density at radius 1 is 0.423 bits per heavy atom. The number of rotatable bonds is 4. The lowest BCUT2D eigenvalue weighted by Crippen LogP contribution is -2.18. The first-order valence-electron chi connectivity index (χ1n) is 17.3. The molecule has 2 aliphatic heterocycles. The molecule has 0 atom stereocenters. The van der Waals surface area contributed by atoms with Gasteiger partial charge in [-0.25, -0.2) is 9.97 Å². The van der Waals surface area contributed by atoms with Crippen molar-refractivity contribution < 1.29 is 13.6 Å². The molecule has 7 aromatic carbocycles. The van der Waals surface area contributed by atoms with Crippen LogP contribution in [0.5, 0.6) is 11.5 Å². The van der Waals surface area contributed by atoms with Gasteiger partial charge in [0.2, 0.25) is 11.8 Å². The first-order chi connectivity index (χ1) is 25.7. The second kappa shape index (κ2) is 11.2. The summed E-state index contributed by atoms with van der Waals surface area (Å²) in [5.41, 5.74) is 13.6. The zero-order valence-corrected chi connectivity index (χ0v) is 27.7. The zero-order valence-electron chi connectivity index (χ0n) is 27.7. The lowest BCUT2D eigenvalue weighted by Gasteiger charge is -2.33. The van der Waals surface area contributed by atoms with Crippen LogP contribution in [0.2, 0.25) is 0 Å². The van der Waals surface area contributed by atoms with Crippen LogP contribution in [-0.2, 0) is 6.42 Å². The average Bonchev–Trinajstić information content (AvgIpc) is 3.82. The fourth-order valence-electron chi connectivity index (χ4n) is 7.46. The van der Waals surface area contributed by atoms with E-state index in [0.717, 1.165) is 62.8 Å². The van der Waals surface area contributed by atoms with Gasteiger partial charge in [0.25, 0.3) is 0 Å². The third-order valence-corrected chi connectivity index (χ3v) is 9.92. The Hall–Kier alpha value is -7.12. The molecule has 52 heavy (non-hydrogen) atoms. The minimum absolute atomic E-state index is 0.536. The molecule has 0 fully saturated rings. The van der Waals surface area contributed by atoms with E-state index in [1.54, 1.807) is 0 Å². The largest absolute Gasteiger partial charge is 0.453 e. The van der Waals surface area contributed by atoms with E-state index in [0.29, 0.717) is 22.9 Å². The molecular weight excluding hydrogens is 645 g/mol. The number of aromatic nitrogens is 2. The lowest BCUT2D eigenvalue weighted by molar-refractivity contribution is 0.477. The molecule has 2 aromatic heterocycles. The van der Waals surface area contributed by atoms with E-state index in [9.17, 15) is 0 Å². The van der Waals surface area contributed by atoms with E-state index < -0.39 is 0 Å². The van der Waals surface area contributed by atoms with Crippen molar-refractivity contribution in [3.63, 3.8) is 0 Å². The molecule has 0 amide bonds. The average molecular weight is 673 g/mol. The molecule has 0 radical (unpaired) electrons. The highest BCUT2D eigenvalue weighted by atomic mass is 16.5. The van der Waals surface area contributed by atoms with Crippen molar-refractivity contribution in [3.05, 3.63) is 169 Å². The maximum Gasteiger partial charge on any atom is 0.227 e. The summed E-state index contributed by atoms with van der Waals surface area (Å²) in [7, 11) is 0. The van der Waals surface area contributed by atoms with Gasteiger partial charge in [-0.05, 0) is 102 Å². The lowest BCUT2D eigenvalue weighted by atomic mass is 9.95. The summed E-state index contributed by atoms with van der Waals surface area (Å²) in [6.07, 6.45) is 0.926. The van der Waals surface area contributed by atoms with Crippen molar-refractivity contribution in [1.29, 1.82) is 0 Å². The van der Waals surface area contributed by atoms with Gasteiger partial charge in [-0.1, -0.05) is 60.7 Å². The number of nitrogens with zero attached hydrogens (tertiary/aromatic N) is 4. The number of hydrogen-bond acceptors (Lipinski definition) is 7. The first kappa shape index (κ1) is 28.7. The molecule has 9 aromatic rings. The summed E-state index contributed by atoms with van der Waals surface area (Å²) in [6, 6.07) is 53.8. The zero-order chi connectivity index (χ0) is 34.2. The summed E-state index contributed by atoms with van der Waals surface area (Å²) >= 11 is 0. The maximum absolute atomic E-state index is 6.29. The summed E-state index contributed by atoms with van der Waals surface area (Å²) in [6.45, 7) is 0. The molecule has 246 valence electrons.